The Morgan fingerprint density at radius 2 is 1.66 bits per heavy atom. The van der Waals surface area contributed by atoms with E-state index in [1.165, 1.54) is 42.0 Å². The number of thiazole rings is 1. The number of carbonyl (C=O) groups is 2. The molecule has 2 heterocycles. The van der Waals surface area contributed by atoms with Gasteiger partial charge in [-0.05, 0) is 56.4 Å². The minimum atomic E-state index is -0.361. The summed E-state index contributed by atoms with van der Waals surface area (Å²) in [6.45, 7) is 2.08. The van der Waals surface area contributed by atoms with E-state index in [4.69, 9.17) is 0 Å². The minimum Gasteiger partial charge on any atom is -0.337 e. The molecule has 1 aliphatic heterocycles. The second kappa shape index (κ2) is 8.90. The molecule has 3 amide bonds. The van der Waals surface area contributed by atoms with Crippen LogP contribution in [-0.4, -0.2) is 52.9 Å². The third-order valence-corrected chi connectivity index (χ3v) is 6.54. The van der Waals surface area contributed by atoms with E-state index in [-0.39, 0.29) is 17.8 Å². The molecule has 4 rings (SSSR count). The maximum Gasteiger partial charge on any atom is 0.323 e. The Kier molecular flexibility index (Phi) is 6.08. The van der Waals surface area contributed by atoms with E-state index in [9.17, 15) is 14.0 Å². The number of halogens is 1. The van der Waals surface area contributed by atoms with E-state index in [1.807, 2.05) is 0 Å². The molecule has 6 nitrogen and oxygen atoms in total. The summed E-state index contributed by atoms with van der Waals surface area (Å²) in [6, 6.07) is 5.42. The van der Waals surface area contributed by atoms with Crippen molar-refractivity contribution in [3.63, 3.8) is 0 Å². The molecule has 0 saturated carbocycles. The van der Waals surface area contributed by atoms with E-state index in [0.29, 0.717) is 43.3 Å². The lowest BCUT2D eigenvalue weighted by atomic mass is 10.2. The van der Waals surface area contributed by atoms with Crippen LogP contribution in [0.25, 0.3) is 0 Å². The van der Waals surface area contributed by atoms with Crippen LogP contribution in [0.15, 0.2) is 24.3 Å². The zero-order valence-electron chi connectivity index (χ0n) is 16.3. The highest BCUT2D eigenvalue weighted by atomic mass is 32.1. The molecule has 1 aromatic heterocycles. The number of fused-ring (bicyclic) bond motifs is 1. The Balaban J connectivity index is 1.35. The molecule has 154 valence electrons. The van der Waals surface area contributed by atoms with Gasteiger partial charge in [-0.15, -0.1) is 11.3 Å². The largest absolute Gasteiger partial charge is 0.337 e. The van der Waals surface area contributed by atoms with Gasteiger partial charge in [-0.3, -0.25) is 10.1 Å². The topological polar surface area (TPSA) is 65.5 Å². The fraction of sp³-hybridized carbons (Fsp3) is 0.476. The Bertz CT molecular complexity index is 860. The number of amides is 3. The Labute approximate surface area is 173 Å². The van der Waals surface area contributed by atoms with Crippen molar-refractivity contribution in [3.8, 4) is 0 Å². The van der Waals surface area contributed by atoms with Crippen LogP contribution < -0.4 is 5.32 Å². The molecule has 29 heavy (non-hydrogen) atoms. The number of benzene rings is 1. The number of nitrogens with one attached hydrogen (secondary N) is 1. The first kappa shape index (κ1) is 19.8. The Hall–Kier alpha value is -2.48. The Morgan fingerprint density at radius 1 is 0.931 bits per heavy atom. The van der Waals surface area contributed by atoms with Crippen LogP contribution in [0.4, 0.5) is 14.3 Å². The summed E-state index contributed by atoms with van der Waals surface area (Å²) in [7, 11) is 0. The van der Waals surface area contributed by atoms with Crippen molar-refractivity contribution in [1.29, 1.82) is 0 Å². The summed E-state index contributed by atoms with van der Waals surface area (Å²) >= 11 is 1.59. The smallest absolute Gasteiger partial charge is 0.323 e. The summed E-state index contributed by atoms with van der Waals surface area (Å²) in [5.41, 5.74) is 1.60. The van der Waals surface area contributed by atoms with Gasteiger partial charge in [-0.2, -0.15) is 0 Å². The van der Waals surface area contributed by atoms with E-state index in [0.717, 1.165) is 25.0 Å². The molecular formula is C21H25FN4O2S. The van der Waals surface area contributed by atoms with Gasteiger partial charge in [0.15, 0.2) is 5.13 Å². The van der Waals surface area contributed by atoms with E-state index in [2.05, 4.69) is 10.3 Å². The highest BCUT2D eigenvalue weighted by molar-refractivity contribution is 7.15. The van der Waals surface area contributed by atoms with Gasteiger partial charge in [-0.1, -0.05) is 6.42 Å². The highest BCUT2D eigenvalue weighted by Crippen LogP contribution is 2.29. The fourth-order valence-corrected chi connectivity index (χ4v) is 4.89. The normalized spacial score (nSPS) is 17.3. The van der Waals surface area contributed by atoms with E-state index in [1.54, 1.807) is 21.1 Å². The van der Waals surface area contributed by atoms with Crippen molar-refractivity contribution >= 4 is 28.4 Å². The van der Waals surface area contributed by atoms with Crippen LogP contribution in [0.5, 0.6) is 0 Å². The van der Waals surface area contributed by atoms with Gasteiger partial charge in [0, 0.05) is 36.6 Å². The number of nitrogens with zero attached hydrogens (tertiary/aromatic N) is 3. The molecular weight excluding hydrogens is 391 g/mol. The third kappa shape index (κ3) is 4.75. The number of anilines is 1. The van der Waals surface area contributed by atoms with Gasteiger partial charge >= 0.3 is 6.03 Å². The van der Waals surface area contributed by atoms with Crippen LogP contribution in [0.1, 0.15) is 46.6 Å². The van der Waals surface area contributed by atoms with Crippen molar-refractivity contribution in [2.24, 2.45) is 0 Å². The predicted octanol–water partition coefficient (Wildman–Crippen LogP) is 3.93. The van der Waals surface area contributed by atoms with Gasteiger partial charge in [-0.25, -0.2) is 14.2 Å². The molecule has 8 heteroatoms. The number of hydrogen-bond donors (Lipinski definition) is 1. The number of hydrogen-bond acceptors (Lipinski definition) is 4. The minimum absolute atomic E-state index is 0.129. The molecule has 0 bridgehead atoms. The first-order valence-electron chi connectivity index (χ1n) is 10.2. The maximum absolute atomic E-state index is 13.1. The molecule has 0 atom stereocenters. The fourth-order valence-electron chi connectivity index (χ4n) is 3.85. The molecule has 1 aromatic carbocycles. The molecule has 2 aliphatic rings. The second-order valence-electron chi connectivity index (χ2n) is 7.52. The van der Waals surface area contributed by atoms with Crippen LogP contribution in [0, 0.1) is 5.82 Å². The zero-order chi connectivity index (χ0) is 20.2. The van der Waals surface area contributed by atoms with Crippen LogP contribution >= 0.6 is 11.3 Å². The number of rotatable bonds is 2. The van der Waals surface area contributed by atoms with E-state index < -0.39 is 0 Å². The molecule has 0 unspecified atom stereocenters. The first-order valence-corrected chi connectivity index (χ1v) is 11.0. The summed E-state index contributed by atoms with van der Waals surface area (Å²) in [5.74, 6) is -0.490. The average molecular weight is 417 g/mol. The quantitative estimate of drug-likeness (QED) is 0.755. The number of urea groups is 1. The van der Waals surface area contributed by atoms with Crippen molar-refractivity contribution in [3.05, 3.63) is 46.2 Å². The maximum atomic E-state index is 13.1. The molecule has 1 aliphatic carbocycles. The van der Waals surface area contributed by atoms with Crippen molar-refractivity contribution in [2.75, 3.05) is 31.5 Å². The first-order chi connectivity index (χ1) is 14.1. The van der Waals surface area contributed by atoms with Crippen molar-refractivity contribution in [1.82, 2.24) is 14.8 Å². The number of carbonyl (C=O) groups excluding carboxylic acids is 2. The monoisotopic (exact) mass is 416 g/mol. The zero-order valence-corrected chi connectivity index (χ0v) is 17.1. The predicted molar refractivity (Wildman–Crippen MR) is 111 cm³/mol. The summed E-state index contributed by atoms with van der Waals surface area (Å²) in [5, 5.41) is 3.62. The van der Waals surface area contributed by atoms with Gasteiger partial charge in [0.25, 0.3) is 5.91 Å². The molecule has 2 aromatic rings. The lowest BCUT2D eigenvalue weighted by Gasteiger charge is -2.22. The third-order valence-electron chi connectivity index (χ3n) is 5.47. The van der Waals surface area contributed by atoms with Gasteiger partial charge in [0.2, 0.25) is 0 Å². The van der Waals surface area contributed by atoms with Crippen LogP contribution in [-0.2, 0) is 12.8 Å². The number of aryl methyl sites for hydroxylation is 2. The van der Waals surface area contributed by atoms with Crippen LogP contribution in [0.2, 0.25) is 0 Å². The van der Waals surface area contributed by atoms with Gasteiger partial charge < -0.3 is 9.80 Å². The standard InChI is InChI=1S/C21H25FN4O2S/c22-16-9-7-15(8-10-16)19(27)25-11-4-12-26(14-13-25)21(28)24-20-23-17-5-2-1-3-6-18(17)29-20/h7-10H,1-6,11-14H2,(H,23,24,28). The summed E-state index contributed by atoms with van der Waals surface area (Å²) < 4.78 is 13.1. The molecule has 1 saturated heterocycles. The van der Waals surface area contributed by atoms with E-state index >= 15 is 0 Å². The molecule has 1 fully saturated rings. The summed E-state index contributed by atoms with van der Waals surface area (Å²) in [4.78, 5) is 34.8. The van der Waals surface area contributed by atoms with Gasteiger partial charge in [0.05, 0.1) is 5.69 Å². The van der Waals surface area contributed by atoms with Gasteiger partial charge in [0.1, 0.15) is 5.82 Å². The number of aromatic nitrogens is 1. The average Bonchev–Trinajstić information content (AvgIpc) is 2.90. The lowest BCUT2D eigenvalue weighted by molar-refractivity contribution is 0.0762. The SMILES string of the molecule is O=C(Nc1nc2c(s1)CCCCC2)N1CCCN(C(=O)c2ccc(F)cc2)CC1. The van der Waals surface area contributed by atoms with Crippen molar-refractivity contribution in [2.45, 2.75) is 38.5 Å². The highest BCUT2D eigenvalue weighted by Gasteiger charge is 2.24. The Morgan fingerprint density at radius 3 is 2.48 bits per heavy atom. The van der Waals surface area contributed by atoms with Crippen LogP contribution in [0.3, 0.4) is 0 Å². The molecule has 1 N–H and O–H groups in total. The molecule has 0 radical (unpaired) electrons. The lowest BCUT2D eigenvalue weighted by Crippen LogP contribution is -2.39. The second-order valence-corrected chi connectivity index (χ2v) is 8.60. The molecule has 0 spiro atoms. The summed E-state index contributed by atoms with van der Waals surface area (Å²) in [6.07, 6.45) is 6.33. The van der Waals surface area contributed by atoms with Crippen molar-refractivity contribution < 1.29 is 14.0 Å².